The maximum Gasteiger partial charge on any atom is 0.435 e. The summed E-state index contributed by atoms with van der Waals surface area (Å²) >= 11 is 5.53. The summed E-state index contributed by atoms with van der Waals surface area (Å²) in [6, 6.07) is 0.906. The van der Waals surface area contributed by atoms with Gasteiger partial charge in [0.05, 0.1) is 24.6 Å². The fraction of sp³-hybridized carbons (Fsp3) is 0.222. The van der Waals surface area contributed by atoms with Crippen molar-refractivity contribution in [2.45, 2.75) is 12.7 Å². The van der Waals surface area contributed by atoms with Gasteiger partial charge >= 0.3 is 6.18 Å². The number of alkyl halides is 3. The Morgan fingerprint density at radius 2 is 2.00 bits per heavy atom. The largest absolute Gasteiger partial charge is 0.435 e. The lowest BCUT2D eigenvalue weighted by atomic mass is 10.4. The van der Waals surface area contributed by atoms with Crippen LogP contribution in [0.15, 0.2) is 24.7 Å². The van der Waals surface area contributed by atoms with Gasteiger partial charge in [0.25, 0.3) is 0 Å². The highest BCUT2D eigenvalue weighted by Crippen LogP contribution is 2.27. The second kappa shape index (κ2) is 4.33. The minimum absolute atomic E-state index is 0.111. The van der Waals surface area contributed by atoms with Crippen molar-refractivity contribution >= 4 is 11.6 Å². The Labute approximate surface area is 99.1 Å². The Hall–Kier alpha value is -1.63. The Bertz CT molecular complexity index is 506. The zero-order valence-electron chi connectivity index (χ0n) is 8.32. The molecule has 90 valence electrons. The zero-order valence-corrected chi connectivity index (χ0v) is 9.07. The van der Waals surface area contributed by atoms with E-state index in [4.69, 9.17) is 11.6 Å². The number of hydrogen-bond acceptors (Lipinski definition) is 3. The number of halogens is 4. The lowest BCUT2D eigenvalue weighted by Gasteiger charge is -2.02. The third-order valence-electron chi connectivity index (χ3n) is 1.93. The van der Waals surface area contributed by atoms with Crippen LogP contribution in [0, 0.1) is 0 Å². The molecule has 0 unspecified atom stereocenters. The van der Waals surface area contributed by atoms with Gasteiger partial charge in [-0.3, -0.25) is 9.67 Å². The Balaban J connectivity index is 2.14. The van der Waals surface area contributed by atoms with E-state index < -0.39 is 11.9 Å². The molecule has 2 aromatic heterocycles. The van der Waals surface area contributed by atoms with E-state index in [9.17, 15) is 13.2 Å². The van der Waals surface area contributed by atoms with Gasteiger partial charge in [0.1, 0.15) is 5.15 Å². The standard InChI is InChI=1S/C9H6ClF3N4/c10-8-4-14-6(3-15-8)5-17-2-1-7(16-17)9(11,12)13/h1-4H,5H2. The van der Waals surface area contributed by atoms with Crippen molar-refractivity contribution in [3.8, 4) is 0 Å². The summed E-state index contributed by atoms with van der Waals surface area (Å²) in [4.78, 5) is 7.68. The highest BCUT2D eigenvalue weighted by atomic mass is 35.5. The summed E-state index contributed by atoms with van der Waals surface area (Å²) in [5.41, 5.74) is -0.453. The van der Waals surface area contributed by atoms with E-state index in [0.717, 1.165) is 10.7 Å². The van der Waals surface area contributed by atoms with Crippen LogP contribution in [0.4, 0.5) is 13.2 Å². The highest BCUT2D eigenvalue weighted by molar-refractivity contribution is 6.29. The molecule has 0 saturated heterocycles. The number of hydrogen-bond donors (Lipinski definition) is 0. The zero-order chi connectivity index (χ0) is 12.5. The molecular weight excluding hydrogens is 257 g/mol. The summed E-state index contributed by atoms with van der Waals surface area (Å²) in [5, 5.41) is 3.62. The summed E-state index contributed by atoms with van der Waals surface area (Å²) in [6.07, 6.45) is -0.488. The predicted molar refractivity (Wildman–Crippen MR) is 53.4 cm³/mol. The van der Waals surface area contributed by atoms with Gasteiger partial charge in [-0.1, -0.05) is 11.6 Å². The van der Waals surface area contributed by atoms with Crippen molar-refractivity contribution in [1.82, 2.24) is 19.7 Å². The van der Waals surface area contributed by atoms with Gasteiger partial charge in [0.2, 0.25) is 0 Å². The molecule has 0 N–H and O–H groups in total. The lowest BCUT2D eigenvalue weighted by molar-refractivity contribution is -0.141. The van der Waals surface area contributed by atoms with Crippen LogP contribution in [-0.4, -0.2) is 19.7 Å². The molecule has 2 rings (SSSR count). The molecule has 2 heterocycles. The van der Waals surface area contributed by atoms with Crippen LogP contribution < -0.4 is 0 Å². The first-order valence-electron chi connectivity index (χ1n) is 4.52. The molecule has 0 spiro atoms. The molecule has 0 aliphatic carbocycles. The predicted octanol–water partition coefficient (Wildman–Crippen LogP) is 2.39. The lowest BCUT2D eigenvalue weighted by Crippen LogP contribution is -2.09. The van der Waals surface area contributed by atoms with E-state index in [2.05, 4.69) is 15.1 Å². The van der Waals surface area contributed by atoms with Gasteiger partial charge in [-0.05, 0) is 6.07 Å². The Kier molecular flexibility index (Phi) is 3.01. The van der Waals surface area contributed by atoms with E-state index >= 15 is 0 Å². The monoisotopic (exact) mass is 262 g/mol. The Morgan fingerprint density at radius 3 is 2.53 bits per heavy atom. The maximum absolute atomic E-state index is 12.3. The molecule has 0 aromatic carbocycles. The minimum Gasteiger partial charge on any atom is -0.266 e. The molecule has 0 bridgehead atoms. The SMILES string of the molecule is FC(F)(F)c1ccn(Cc2cnc(Cl)cn2)n1. The average Bonchev–Trinajstić information content (AvgIpc) is 2.69. The van der Waals surface area contributed by atoms with Gasteiger partial charge in [0.15, 0.2) is 5.69 Å². The van der Waals surface area contributed by atoms with Crippen molar-refractivity contribution in [3.05, 3.63) is 41.2 Å². The first kappa shape index (κ1) is 11.8. The van der Waals surface area contributed by atoms with E-state index in [-0.39, 0.29) is 11.7 Å². The van der Waals surface area contributed by atoms with Crippen molar-refractivity contribution in [2.24, 2.45) is 0 Å². The quantitative estimate of drug-likeness (QED) is 0.835. The van der Waals surface area contributed by atoms with Gasteiger partial charge in [-0.25, -0.2) is 4.98 Å². The molecule has 0 radical (unpaired) electrons. The summed E-state index contributed by atoms with van der Waals surface area (Å²) < 4.78 is 38.0. The summed E-state index contributed by atoms with van der Waals surface area (Å²) in [7, 11) is 0. The molecule has 0 saturated carbocycles. The third kappa shape index (κ3) is 2.94. The van der Waals surface area contributed by atoms with E-state index in [1.165, 1.54) is 18.6 Å². The van der Waals surface area contributed by atoms with Crippen LogP contribution in [0.5, 0.6) is 0 Å². The molecule has 8 heteroatoms. The van der Waals surface area contributed by atoms with Crippen molar-refractivity contribution in [2.75, 3.05) is 0 Å². The molecule has 17 heavy (non-hydrogen) atoms. The molecule has 2 aromatic rings. The molecule has 4 nitrogen and oxygen atoms in total. The van der Waals surface area contributed by atoms with Crippen molar-refractivity contribution in [1.29, 1.82) is 0 Å². The molecule has 0 fully saturated rings. The van der Waals surface area contributed by atoms with Crippen LogP contribution in [0.3, 0.4) is 0 Å². The highest BCUT2D eigenvalue weighted by Gasteiger charge is 2.33. The van der Waals surface area contributed by atoms with E-state index in [1.54, 1.807) is 0 Å². The molecular formula is C9H6ClF3N4. The second-order valence-electron chi connectivity index (χ2n) is 3.23. The smallest absolute Gasteiger partial charge is 0.266 e. The summed E-state index contributed by atoms with van der Waals surface area (Å²) in [5.74, 6) is 0. The maximum atomic E-state index is 12.3. The fourth-order valence-electron chi connectivity index (χ4n) is 1.19. The van der Waals surface area contributed by atoms with Gasteiger partial charge in [-0.15, -0.1) is 0 Å². The van der Waals surface area contributed by atoms with Crippen molar-refractivity contribution < 1.29 is 13.2 Å². The van der Waals surface area contributed by atoms with Crippen molar-refractivity contribution in [3.63, 3.8) is 0 Å². The minimum atomic E-state index is -4.43. The average molecular weight is 263 g/mol. The molecule has 0 aliphatic rings. The number of nitrogens with zero attached hydrogens (tertiary/aromatic N) is 4. The van der Waals surface area contributed by atoms with Gasteiger partial charge in [0, 0.05) is 6.20 Å². The molecule has 0 atom stereocenters. The number of rotatable bonds is 2. The Morgan fingerprint density at radius 1 is 1.24 bits per heavy atom. The van der Waals surface area contributed by atoms with Crippen LogP contribution in [-0.2, 0) is 12.7 Å². The third-order valence-corrected chi connectivity index (χ3v) is 2.12. The summed E-state index contributed by atoms with van der Waals surface area (Å²) in [6.45, 7) is 0.111. The first-order valence-corrected chi connectivity index (χ1v) is 4.90. The first-order chi connectivity index (χ1) is 7.95. The normalized spacial score (nSPS) is 11.8. The van der Waals surface area contributed by atoms with Crippen LogP contribution in [0.2, 0.25) is 5.15 Å². The van der Waals surface area contributed by atoms with Crippen LogP contribution in [0.1, 0.15) is 11.4 Å². The van der Waals surface area contributed by atoms with Gasteiger partial charge in [-0.2, -0.15) is 18.3 Å². The van der Waals surface area contributed by atoms with Crippen LogP contribution in [0.25, 0.3) is 0 Å². The van der Waals surface area contributed by atoms with E-state index in [0.29, 0.717) is 5.69 Å². The number of aromatic nitrogens is 4. The molecule has 0 aliphatic heterocycles. The van der Waals surface area contributed by atoms with E-state index in [1.807, 2.05) is 0 Å². The topological polar surface area (TPSA) is 43.6 Å². The molecule has 0 amide bonds. The fourth-order valence-corrected chi connectivity index (χ4v) is 1.29. The second-order valence-corrected chi connectivity index (χ2v) is 3.61. The van der Waals surface area contributed by atoms with Gasteiger partial charge < -0.3 is 0 Å². The van der Waals surface area contributed by atoms with Crippen LogP contribution >= 0.6 is 11.6 Å².